The van der Waals surface area contributed by atoms with Gasteiger partial charge in [0.1, 0.15) is 0 Å². The Balaban J connectivity index is 1.98. The molecule has 0 amide bonds. The van der Waals surface area contributed by atoms with Crippen molar-refractivity contribution < 1.29 is 9.90 Å². The Morgan fingerprint density at radius 3 is 2.82 bits per heavy atom. The van der Waals surface area contributed by atoms with Crippen LogP contribution in [0.1, 0.15) is 6.42 Å². The highest BCUT2D eigenvalue weighted by molar-refractivity contribution is 5.74. The SMILES string of the molecule is CN1CC[C@@H]2[C@@H](C1)[C@@H]2C(=O)O. The van der Waals surface area contributed by atoms with Crippen LogP contribution in [0.15, 0.2) is 0 Å². The minimum atomic E-state index is -0.588. The second-order valence-corrected chi connectivity index (χ2v) is 3.74. The van der Waals surface area contributed by atoms with Gasteiger partial charge in [0.05, 0.1) is 5.92 Å². The van der Waals surface area contributed by atoms with Gasteiger partial charge in [-0.1, -0.05) is 0 Å². The van der Waals surface area contributed by atoms with Gasteiger partial charge in [-0.3, -0.25) is 4.79 Å². The summed E-state index contributed by atoms with van der Waals surface area (Å²) >= 11 is 0. The predicted molar refractivity (Wildman–Crippen MR) is 40.2 cm³/mol. The molecule has 0 unspecified atom stereocenters. The number of carbonyl (C=O) groups is 1. The van der Waals surface area contributed by atoms with E-state index in [2.05, 4.69) is 11.9 Å². The van der Waals surface area contributed by atoms with E-state index in [1.165, 1.54) is 0 Å². The third kappa shape index (κ3) is 1.03. The highest BCUT2D eigenvalue weighted by Crippen LogP contribution is 2.51. The molecular formula is C8H13NO2. The molecule has 0 aromatic rings. The van der Waals surface area contributed by atoms with E-state index in [9.17, 15) is 4.79 Å². The summed E-state index contributed by atoms with van der Waals surface area (Å²) in [5.41, 5.74) is 0. The molecule has 0 spiro atoms. The van der Waals surface area contributed by atoms with Crippen LogP contribution >= 0.6 is 0 Å². The molecule has 3 nitrogen and oxygen atoms in total. The number of fused-ring (bicyclic) bond motifs is 1. The van der Waals surface area contributed by atoms with Crippen molar-refractivity contribution in [3.8, 4) is 0 Å². The summed E-state index contributed by atoms with van der Waals surface area (Å²) in [7, 11) is 2.06. The molecule has 0 bridgehead atoms. The molecule has 1 N–H and O–H groups in total. The highest BCUT2D eigenvalue weighted by Gasteiger charge is 2.56. The van der Waals surface area contributed by atoms with Crippen LogP contribution in [-0.4, -0.2) is 36.1 Å². The Hall–Kier alpha value is -0.570. The van der Waals surface area contributed by atoms with E-state index in [1.807, 2.05) is 0 Å². The van der Waals surface area contributed by atoms with Crippen LogP contribution in [0.5, 0.6) is 0 Å². The van der Waals surface area contributed by atoms with Crippen molar-refractivity contribution in [2.24, 2.45) is 17.8 Å². The summed E-state index contributed by atoms with van der Waals surface area (Å²) in [5.74, 6) is 0.366. The molecule has 11 heavy (non-hydrogen) atoms. The number of carboxylic acid groups (broad SMARTS) is 1. The van der Waals surface area contributed by atoms with E-state index in [-0.39, 0.29) is 5.92 Å². The molecule has 2 fully saturated rings. The molecule has 2 rings (SSSR count). The van der Waals surface area contributed by atoms with Crippen molar-refractivity contribution >= 4 is 5.97 Å². The lowest BCUT2D eigenvalue weighted by molar-refractivity contribution is -0.139. The van der Waals surface area contributed by atoms with Crippen LogP contribution < -0.4 is 0 Å². The summed E-state index contributed by atoms with van der Waals surface area (Å²) in [6.45, 7) is 2.06. The Bertz CT molecular complexity index is 193. The molecule has 3 heteroatoms. The Morgan fingerprint density at radius 2 is 2.27 bits per heavy atom. The average Bonchev–Trinajstić information content (AvgIpc) is 2.60. The first-order valence-corrected chi connectivity index (χ1v) is 4.11. The first-order valence-electron chi connectivity index (χ1n) is 4.11. The van der Waals surface area contributed by atoms with Gasteiger partial charge in [-0.25, -0.2) is 0 Å². The fourth-order valence-electron chi connectivity index (χ4n) is 2.27. The molecule has 0 radical (unpaired) electrons. The van der Waals surface area contributed by atoms with Gasteiger partial charge < -0.3 is 10.0 Å². The van der Waals surface area contributed by atoms with Crippen LogP contribution in [0.3, 0.4) is 0 Å². The number of hydrogen-bond acceptors (Lipinski definition) is 2. The normalized spacial score (nSPS) is 43.2. The zero-order valence-corrected chi connectivity index (χ0v) is 6.66. The van der Waals surface area contributed by atoms with Crippen LogP contribution in [-0.2, 0) is 4.79 Å². The number of likely N-dealkylation sites (tertiary alicyclic amines) is 1. The van der Waals surface area contributed by atoms with Crippen molar-refractivity contribution in [1.29, 1.82) is 0 Å². The predicted octanol–water partition coefficient (Wildman–Crippen LogP) is 0.269. The maximum Gasteiger partial charge on any atom is 0.307 e. The molecular weight excluding hydrogens is 142 g/mol. The topological polar surface area (TPSA) is 40.5 Å². The number of nitrogens with zero attached hydrogens (tertiary/aromatic N) is 1. The Kier molecular flexibility index (Phi) is 1.42. The quantitative estimate of drug-likeness (QED) is 0.591. The molecule has 0 aromatic heterocycles. The molecule has 62 valence electrons. The second kappa shape index (κ2) is 2.21. The minimum absolute atomic E-state index is 0.0139. The fourth-order valence-corrected chi connectivity index (χ4v) is 2.27. The van der Waals surface area contributed by atoms with Gasteiger partial charge in [0.15, 0.2) is 0 Å². The number of rotatable bonds is 1. The zero-order valence-electron chi connectivity index (χ0n) is 6.66. The van der Waals surface area contributed by atoms with Crippen LogP contribution in [0.4, 0.5) is 0 Å². The van der Waals surface area contributed by atoms with E-state index >= 15 is 0 Å². The van der Waals surface area contributed by atoms with E-state index < -0.39 is 5.97 Å². The molecule has 1 aliphatic heterocycles. The third-order valence-corrected chi connectivity index (χ3v) is 2.98. The zero-order chi connectivity index (χ0) is 8.01. The molecule has 1 saturated carbocycles. The van der Waals surface area contributed by atoms with Crippen LogP contribution in [0.25, 0.3) is 0 Å². The molecule has 1 aliphatic carbocycles. The lowest BCUT2D eigenvalue weighted by atomic mass is 10.1. The molecule has 2 aliphatic rings. The van der Waals surface area contributed by atoms with Gasteiger partial charge in [-0.2, -0.15) is 0 Å². The molecule has 3 atom stereocenters. The van der Waals surface area contributed by atoms with Crippen molar-refractivity contribution in [2.45, 2.75) is 6.42 Å². The van der Waals surface area contributed by atoms with Gasteiger partial charge in [0.25, 0.3) is 0 Å². The maximum atomic E-state index is 10.6. The lowest BCUT2D eigenvalue weighted by Gasteiger charge is -2.20. The first-order chi connectivity index (χ1) is 5.20. The van der Waals surface area contributed by atoms with Crippen molar-refractivity contribution in [3.63, 3.8) is 0 Å². The van der Waals surface area contributed by atoms with Gasteiger partial charge in [-0.05, 0) is 31.8 Å². The average molecular weight is 155 g/mol. The van der Waals surface area contributed by atoms with Gasteiger partial charge >= 0.3 is 5.97 Å². The maximum absolute atomic E-state index is 10.6. The lowest BCUT2D eigenvalue weighted by Crippen LogP contribution is -2.27. The van der Waals surface area contributed by atoms with Crippen LogP contribution in [0, 0.1) is 17.8 Å². The van der Waals surface area contributed by atoms with Crippen molar-refractivity contribution in [1.82, 2.24) is 4.90 Å². The van der Waals surface area contributed by atoms with Gasteiger partial charge in [-0.15, -0.1) is 0 Å². The fraction of sp³-hybridized carbons (Fsp3) is 0.875. The van der Waals surface area contributed by atoms with Crippen LogP contribution in [0.2, 0.25) is 0 Å². The molecule has 0 aromatic carbocycles. The summed E-state index contributed by atoms with van der Waals surface area (Å²) in [5, 5.41) is 8.75. The van der Waals surface area contributed by atoms with E-state index in [0.717, 1.165) is 19.5 Å². The minimum Gasteiger partial charge on any atom is -0.481 e. The number of aliphatic carboxylic acids is 1. The number of carboxylic acids is 1. The number of hydrogen-bond donors (Lipinski definition) is 1. The van der Waals surface area contributed by atoms with E-state index in [1.54, 1.807) is 0 Å². The van der Waals surface area contributed by atoms with E-state index in [4.69, 9.17) is 5.11 Å². The monoisotopic (exact) mass is 155 g/mol. The molecule has 1 heterocycles. The third-order valence-electron chi connectivity index (χ3n) is 2.98. The Labute approximate surface area is 66.0 Å². The second-order valence-electron chi connectivity index (χ2n) is 3.74. The highest BCUT2D eigenvalue weighted by atomic mass is 16.4. The summed E-state index contributed by atoms with van der Waals surface area (Å²) in [4.78, 5) is 12.8. The van der Waals surface area contributed by atoms with Crippen molar-refractivity contribution in [2.75, 3.05) is 20.1 Å². The van der Waals surface area contributed by atoms with Gasteiger partial charge in [0, 0.05) is 6.54 Å². The Morgan fingerprint density at radius 1 is 1.55 bits per heavy atom. The standard InChI is InChI=1S/C8H13NO2/c1-9-3-2-5-6(4-9)7(5)8(10)11/h5-7H,2-4H2,1H3,(H,10,11)/t5-,6-,7-/m1/s1. The largest absolute Gasteiger partial charge is 0.481 e. The number of piperidine rings is 1. The van der Waals surface area contributed by atoms with E-state index in [0.29, 0.717) is 11.8 Å². The molecule has 1 saturated heterocycles. The summed E-state index contributed by atoms with van der Waals surface area (Å²) < 4.78 is 0. The van der Waals surface area contributed by atoms with Crippen molar-refractivity contribution in [3.05, 3.63) is 0 Å². The smallest absolute Gasteiger partial charge is 0.307 e. The first kappa shape index (κ1) is 7.10. The van der Waals surface area contributed by atoms with Gasteiger partial charge in [0.2, 0.25) is 0 Å². The summed E-state index contributed by atoms with van der Waals surface area (Å²) in [6.07, 6.45) is 1.08. The summed E-state index contributed by atoms with van der Waals surface area (Å²) in [6, 6.07) is 0.